The van der Waals surface area contributed by atoms with Crippen molar-refractivity contribution in [2.24, 2.45) is 0 Å². The molecule has 0 aliphatic heterocycles. The minimum atomic E-state index is -1.34. The number of rotatable bonds is 9. The molecule has 4 rings (SSSR count). The number of carbonyl (C=O) groups excluding carboxylic acids is 1. The molecule has 0 fully saturated rings. The van der Waals surface area contributed by atoms with Crippen LogP contribution < -0.4 is 10.1 Å². The summed E-state index contributed by atoms with van der Waals surface area (Å²) in [6.07, 6.45) is -1.34. The summed E-state index contributed by atoms with van der Waals surface area (Å²) in [7, 11) is 0. The van der Waals surface area contributed by atoms with Crippen molar-refractivity contribution in [2.45, 2.75) is 66.2 Å². The number of fused-ring (bicyclic) bond motifs is 1. The number of nitrogens with one attached hydrogen (secondary N) is 1. The molecule has 0 unspecified atom stereocenters. The molecule has 0 bridgehead atoms. The zero-order valence-electron chi connectivity index (χ0n) is 23.5. The maximum absolute atomic E-state index is 14.4. The van der Waals surface area contributed by atoms with Gasteiger partial charge >= 0.3 is 5.97 Å². The average molecular weight is 549 g/mol. The minimum Gasteiger partial charge on any atom is -0.479 e. The van der Waals surface area contributed by atoms with Crippen molar-refractivity contribution in [1.29, 1.82) is 0 Å². The first-order valence-electron chi connectivity index (χ1n) is 13.2. The predicted octanol–water partition coefficient (Wildman–Crippen LogP) is 7.05. The molecule has 2 atom stereocenters. The molecule has 210 valence electrons. The number of carboxylic acid groups (broad SMARTS) is 1. The van der Waals surface area contributed by atoms with Crippen LogP contribution in [0.15, 0.2) is 54.6 Å². The number of benzene rings is 3. The summed E-state index contributed by atoms with van der Waals surface area (Å²) in [5, 5.41) is 13.0. The van der Waals surface area contributed by atoms with Gasteiger partial charge in [0.25, 0.3) is 5.91 Å². The average Bonchev–Trinajstić information content (AvgIpc) is 3.15. The Balaban J connectivity index is 1.61. The maximum atomic E-state index is 14.4. The Morgan fingerprint density at radius 2 is 1.68 bits per heavy atom. The molecule has 1 heterocycles. The lowest BCUT2D eigenvalue weighted by molar-refractivity contribution is -0.144. The van der Waals surface area contributed by atoms with Crippen LogP contribution in [0.2, 0.25) is 0 Å². The minimum absolute atomic E-state index is 0.178. The first-order valence-corrected chi connectivity index (χ1v) is 13.2. The van der Waals surface area contributed by atoms with Gasteiger partial charge in [-0.05, 0) is 86.2 Å². The van der Waals surface area contributed by atoms with Crippen LogP contribution in [0.1, 0.15) is 78.0 Å². The zero-order chi connectivity index (χ0) is 29.3. The number of carbonyl (C=O) groups is 2. The van der Waals surface area contributed by atoms with Gasteiger partial charge in [-0.15, -0.1) is 0 Å². The molecule has 0 aliphatic rings. The van der Waals surface area contributed by atoms with Crippen LogP contribution in [0, 0.1) is 25.5 Å². The molecule has 0 spiro atoms. The molecular formula is C32H34F2N2O4. The number of aryl methyl sites for hydroxylation is 1. The Kier molecular flexibility index (Phi) is 8.28. The molecule has 40 heavy (non-hydrogen) atoms. The Labute approximate surface area is 232 Å². The van der Waals surface area contributed by atoms with Gasteiger partial charge in [0.2, 0.25) is 5.82 Å². The topological polar surface area (TPSA) is 80.6 Å². The monoisotopic (exact) mass is 548 g/mol. The van der Waals surface area contributed by atoms with E-state index in [1.165, 1.54) is 18.6 Å². The zero-order valence-corrected chi connectivity index (χ0v) is 23.5. The molecule has 0 saturated carbocycles. The fourth-order valence-electron chi connectivity index (χ4n) is 4.76. The van der Waals surface area contributed by atoms with Crippen molar-refractivity contribution in [3.8, 4) is 5.75 Å². The number of carboxylic acids is 1. The standard InChI is InChI=1S/C32H34F2N2O4/c1-17(2)23-8-7-9-24(14-23)19(4)35-31(37)25-10-11-28-26(15-25)18(3)20(5)36(28)16-22-12-27(33)30(34)29(13-22)40-21(6)32(38)39/h7-15,17,19,21H,16H2,1-6H3,(H,35,37)(H,38,39)/t19-,21-/m0/s1. The smallest absolute Gasteiger partial charge is 0.344 e. The van der Waals surface area contributed by atoms with Crippen molar-refractivity contribution in [2.75, 3.05) is 0 Å². The van der Waals surface area contributed by atoms with Crippen LogP contribution in [0.5, 0.6) is 5.75 Å². The Morgan fingerprint density at radius 3 is 2.35 bits per heavy atom. The van der Waals surface area contributed by atoms with Crippen LogP contribution in [0.25, 0.3) is 10.9 Å². The van der Waals surface area contributed by atoms with Crippen molar-refractivity contribution in [3.63, 3.8) is 0 Å². The number of aromatic nitrogens is 1. The van der Waals surface area contributed by atoms with Crippen LogP contribution in [-0.4, -0.2) is 27.7 Å². The second kappa shape index (κ2) is 11.5. The lowest BCUT2D eigenvalue weighted by atomic mass is 9.98. The van der Waals surface area contributed by atoms with E-state index in [4.69, 9.17) is 9.84 Å². The lowest BCUT2D eigenvalue weighted by Crippen LogP contribution is -2.26. The van der Waals surface area contributed by atoms with Gasteiger partial charge in [-0.1, -0.05) is 38.1 Å². The molecule has 1 amide bonds. The molecule has 0 saturated heterocycles. The molecule has 2 N–H and O–H groups in total. The summed E-state index contributed by atoms with van der Waals surface area (Å²) >= 11 is 0. The first kappa shape index (κ1) is 28.8. The van der Waals surface area contributed by atoms with Gasteiger partial charge in [0.15, 0.2) is 17.7 Å². The van der Waals surface area contributed by atoms with Gasteiger partial charge in [-0.3, -0.25) is 4.79 Å². The number of aliphatic carboxylic acids is 1. The number of hydrogen-bond acceptors (Lipinski definition) is 3. The fraction of sp³-hybridized carbons (Fsp3) is 0.312. The van der Waals surface area contributed by atoms with Crippen LogP contribution >= 0.6 is 0 Å². The Bertz CT molecular complexity index is 1590. The highest BCUT2D eigenvalue weighted by Crippen LogP contribution is 2.30. The van der Waals surface area contributed by atoms with Gasteiger partial charge in [0, 0.05) is 28.7 Å². The van der Waals surface area contributed by atoms with Crippen LogP contribution in [0.3, 0.4) is 0 Å². The molecule has 4 aromatic rings. The van der Waals surface area contributed by atoms with Crippen molar-refractivity contribution in [1.82, 2.24) is 9.88 Å². The third-order valence-corrected chi connectivity index (χ3v) is 7.37. The largest absolute Gasteiger partial charge is 0.479 e. The van der Waals surface area contributed by atoms with E-state index in [2.05, 4.69) is 31.3 Å². The van der Waals surface area contributed by atoms with Gasteiger partial charge in [0.1, 0.15) is 0 Å². The third-order valence-electron chi connectivity index (χ3n) is 7.37. The van der Waals surface area contributed by atoms with Gasteiger partial charge in [0.05, 0.1) is 6.04 Å². The highest BCUT2D eigenvalue weighted by Gasteiger charge is 2.21. The fourth-order valence-corrected chi connectivity index (χ4v) is 4.76. The highest BCUT2D eigenvalue weighted by atomic mass is 19.2. The first-order chi connectivity index (χ1) is 18.9. The Hall–Kier alpha value is -4.20. The SMILES string of the molecule is Cc1c(C)n(Cc2cc(F)c(F)c(O[C@@H](C)C(=O)O)c2)c2ccc(C(=O)N[C@@H](C)c3cccc(C(C)C)c3)cc12. The quantitative estimate of drug-likeness (QED) is 0.235. The van der Waals surface area contributed by atoms with Crippen molar-refractivity contribution >= 4 is 22.8 Å². The van der Waals surface area contributed by atoms with E-state index in [1.54, 1.807) is 6.07 Å². The summed E-state index contributed by atoms with van der Waals surface area (Å²) in [5.41, 5.74) is 5.86. The second-order valence-electron chi connectivity index (χ2n) is 10.5. The van der Waals surface area contributed by atoms with Gasteiger partial charge in [-0.25, -0.2) is 9.18 Å². The highest BCUT2D eigenvalue weighted by molar-refractivity contribution is 5.99. The van der Waals surface area contributed by atoms with E-state index >= 15 is 0 Å². The molecule has 8 heteroatoms. The summed E-state index contributed by atoms with van der Waals surface area (Å²) in [6, 6.07) is 15.9. The molecule has 3 aromatic carbocycles. The van der Waals surface area contributed by atoms with Gasteiger partial charge < -0.3 is 19.7 Å². The third kappa shape index (κ3) is 5.86. The van der Waals surface area contributed by atoms with E-state index in [0.717, 1.165) is 33.8 Å². The Morgan fingerprint density at radius 1 is 0.975 bits per heavy atom. The predicted molar refractivity (Wildman–Crippen MR) is 151 cm³/mol. The molecule has 1 aromatic heterocycles. The second-order valence-corrected chi connectivity index (χ2v) is 10.5. The number of halogens is 2. The molecular weight excluding hydrogens is 514 g/mol. The van der Waals surface area contributed by atoms with E-state index in [-0.39, 0.29) is 18.5 Å². The van der Waals surface area contributed by atoms with Gasteiger partial charge in [-0.2, -0.15) is 4.39 Å². The number of amides is 1. The van der Waals surface area contributed by atoms with E-state index in [1.807, 2.05) is 49.6 Å². The lowest BCUT2D eigenvalue weighted by Gasteiger charge is -2.17. The molecule has 0 aliphatic carbocycles. The van der Waals surface area contributed by atoms with Crippen molar-refractivity contribution < 1.29 is 28.2 Å². The summed E-state index contributed by atoms with van der Waals surface area (Å²) < 4.78 is 35.8. The molecule has 6 nitrogen and oxygen atoms in total. The van der Waals surface area contributed by atoms with Crippen LogP contribution in [0.4, 0.5) is 8.78 Å². The normalized spacial score (nSPS) is 12.9. The van der Waals surface area contributed by atoms with E-state index in [9.17, 15) is 18.4 Å². The number of ether oxygens (including phenoxy) is 1. The summed E-state index contributed by atoms with van der Waals surface area (Å²) in [6.45, 7) is 11.5. The molecule has 0 radical (unpaired) electrons. The van der Waals surface area contributed by atoms with Crippen molar-refractivity contribution in [3.05, 3.63) is 99.7 Å². The van der Waals surface area contributed by atoms with Crippen LogP contribution in [-0.2, 0) is 11.3 Å². The summed E-state index contributed by atoms with van der Waals surface area (Å²) in [4.78, 5) is 24.3. The van der Waals surface area contributed by atoms with E-state index < -0.39 is 29.5 Å². The number of nitrogens with zero attached hydrogens (tertiary/aromatic N) is 1. The van der Waals surface area contributed by atoms with E-state index in [0.29, 0.717) is 17.0 Å². The number of hydrogen-bond donors (Lipinski definition) is 2. The maximum Gasteiger partial charge on any atom is 0.344 e. The summed E-state index contributed by atoms with van der Waals surface area (Å²) in [5.74, 6) is -3.90.